The van der Waals surface area contributed by atoms with Crippen LogP contribution in [0.3, 0.4) is 0 Å². The molecule has 20 heavy (non-hydrogen) atoms. The van der Waals surface area contributed by atoms with Crippen LogP contribution in [0.25, 0.3) is 0 Å². The molecule has 2 N–H and O–H groups in total. The molecule has 0 aliphatic heterocycles. The summed E-state index contributed by atoms with van der Waals surface area (Å²) in [5.41, 5.74) is 4.97. The Balaban J connectivity index is 2.60. The normalized spacial score (nSPS) is 14.2. The molecule has 0 aliphatic rings. The molecule has 0 radical (unpaired) electrons. The van der Waals surface area contributed by atoms with E-state index in [1.165, 1.54) is 19.1 Å². The van der Waals surface area contributed by atoms with Crippen LogP contribution in [0.5, 0.6) is 0 Å². The quantitative estimate of drug-likeness (QED) is 0.659. The van der Waals surface area contributed by atoms with Gasteiger partial charge in [-0.25, -0.2) is 17.6 Å². The summed E-state index contributed by atoms with van der Waals surface area (Å²) in [6.07, 6.45) is 0. The SMILES string of the molecule is Cc1ccc(C(C)(N)c2ccc(F)c(F)c2F)cc1F. The molecule has 0 amide bonds. The van der Waals surface area contributed by atoms with Crippen molar-refractivity contribution >= 4 is 0 Å². The van der Waals surface area contributed by atoms with Crippen molar-refractivity contribution in [2.45, 2.75) is 19.4 Å². The molecule has 5 heteroatoms. The Bertz CT molecular complexity index is 665. The maximum absolute atomic E-state index is 13.8. The summed E-state index contributed by atoms with van der Waals surface area (Å²) in [4.78, 5) is 0. The van der Waals surface area contributed by atoms with Gasteiger partial charge in [0.1, 0.15) is 5.82 Å². The summed E-state index contributed by atoms with van der Waals surface area (Å²) in [6.45, 7) is 2.98. The minimum Gasteiger partial charge on any atom is -0.318 e. The molecule has 0 bridgehead atoms. The smallest absolute Gasteiger partial charge is 0.194 e. The van der Waals surface area contributed by atoms with Gasteiger partial charge in [0.2, 0.25) is 0 Å². The Morgan fingerprint density at radius 2 is 1.55 bits per heavy atom. The third kappa shape index (κ3) is 2.29. The van der Waals surface area contributed by atoms with E-state index in [0.29, 0.717) is 5.56 Å². The number of aryl methyl sites for hydroxylation is 1. The number of nitrogens with two attached hydrogens (primary N) is 1. The van der Waals surface area contributed by atoms with Gasteiger partial charge in [-0.3, -0.25) is 0 Å². The van der Waals surface area contributed by atoms with E-state index < -0.39 is 28.8 Å². The number of hydrogen-bond acceptors (Lipinski definition) is 1. The van der Waals surface area contributed by atoms with Crippen molar-refractivity contribution < 1.29 is 17.6 Å². The van der Waals surface area contributed by atoms with Gasteiger partial charge in [0.05, 0.1) is 5.54 Å². The van der Waals surface area contributed by atoms with Gasteiger partial charge in [0, 0.05) is 5.56 Å². The van der Waals surface area contributed by atoms with Crippen LogP contribution in [-0.2, 0) is 5.54 Å². The first-order valence-corrected chi connectivity index (χ1v) is 5.94. The average molecular weight is 283 g/mol. The highest BCUT2D eigenvalue weighted by Crippen LogP contribution is 2.31. The Labute approximate surface area is 114 Å². The zero-order valence-corrected chi connectivity index (χ0v) is 11.0. The Hall–Kier alpha value is -1.88. The maximum Gasteiger partial charge on any atom is 0.194 e. The van der Waals surface area contributed by atoms with E-state index in [0.717, 1.165) is 18.2 Å². The predicted molar refractivity (Wildman–Crippen MR) is 68.1 cm³/mol. The summed E-state index contributed by atoms with van der Waals surface area (Å²) < 4.78 is 53.7. The van der Waals surface area contributed by atoms with E-state index in [9.17, 15) is 17.6 Å². The van der Waals surface area contributed by atoms with Crippen LogP contribution in [-0.4, -0.2) is 0 Å². The maximum atomic E-state index is 13.8. The molecule has 1 unspecified atom stereocenters. The first kappa shape index (κ1) is 14.5. The first-order chi connectivity index (χ1) is 9.25. The lowest BCUT2D eigenvalue weighted by atomic mass is 9.85. The topological polar surface area (TPSA) is 26.0 Å². The van der Waals surface area contributed by atoms with Crippen molar-refractivity contribution in [2.24, 2.45) is 5.73 Å². The van der Waals surface area contributed by atoms with E-state index in [1.807, 2.05) is 0 Å². The van der Waals surface area contributed by atoms with Gasteiger partial charge < -0.3 is 5.73 Å². The number of hydrogen-bond donors (Lipinski definition) is 1. The molecular weight excluding hydrogens is 270 g/mol. The lowest BCUT2D eigenvalue weighted by Crippen LogP contribution is -2.36. The molecule has 0 heterocycles. The minimum atomic E-state index is -1.59. The molecular formula is C15H13F4N. The summed E-state index contributed by atoms with van der Waals surface area (Å²) in [7, 11) is 0. The Kier molecular flexibility index (Phi) is 3.56. The van der Waals surface area contributed by atoms with Crippen molar-refractivity contribution in [3.8, 4) is 0 Å². The van der Waals surface area contributed by atoms with Gasteiger partial charge in [-0.05, 0) is 37.1 Å². The molecule has 0 aromatic heterocycles. The molecule has 0 saturated heterocycles. The second-order valence-electron chi connectivity index (χ2n) is 4.89. The first-order valence-electron chi connectivity index (χ1n) is 5.94. The van der Waals surface area contributed by atoms with Crippen LogP contribution >= 0.6 is 0 Å². The Morgan fingerprint density at radius 1 is 0.900 bits per heavy atom. The van der Waals surface area contributed by atoms with Crippen LogP contribution < -0.4 is 5.73 Å². The lowest BCUT2D eigenvalue weighted by Gasteiger charge is -2.27. The summed E-state index contributed by atoms with van der Waals surface area (Å²) in [6, 6.07) is 6.04. The third-order valence-corrected chi connectivity index (χ3v) is 3.37. The van der Waals surface area contributed by atoms with E-state index in [1.54, 1.807) is 6.92 Å². The molecule has 106 valence electrons. The van der Waals surface area contributed by atoms with Gasteiger partial charge in [0.25, 0.3) is 0 Å². The molecule has 2 rings (SSSR count). The Morgan fingerprint density at radius 3 is 2.15 bits per heavy atom. The van der Waals surface area contributed by atoms with Crippen LogP contribution in [0.1, 0.15) is 23.6 Å². The second kappa shape index (κ2) is 4.90. The van der Waals surface area contributed by atoms with Crippen LogP contribution in [0.15, 0.2) is 30.3 Å². The number of halogens is 4. The monoisotopic (exact) mass is 283 g/mol. The molecule has 1 atom stereocenters. The van der Waals surface area contributed by atoms with E-state index >= 15 is 0 Å². The van der Waals surface area contributed by atoms with Gasteiger partial charge >= 0.3 is 0 Å². The molecule has 0 saturated carbocycles. The highest BCUT2D eigenvalue weighted by molar-refractivity contribution is 5.39. The van der Waals surface area contributed by atoms with Gasteiger partial charge in [-0.15, -0.1) is 0 Å². The van der Waals surface area contributed by atoms with Crippen molar-refractivity contribution in [1.82, 2.24) is 0 Å². The number of rotatable bonds is 2. The zero-order chi connectivity index (χ0) is 15.1. The van der Waals surface area contributed by atoms with Gasteiger partial charge in [0.15, 0.2) is 17.5 Å². The second-order valence-corrected chi connectivity index (χ2v) is 4.89. The van der Waals surface area contributed by atoms with Crippen LogP contribution in [0, 0.1) is 30.2 Å². The molecule has 0 spiro atoms. The molecule has 2 aromatic carbocycles. The summed E-state index contributed by atoms with van der Waals surface area (Å²) in [5, 5.41) is 0. The van der Waals surface area contributed by atoms with Gasteiger partial charge in [-0.1, -0.05) is 18.2 Å². The summed E-state index contributed by atoms with van der Waals surface area (Å²) >= 11 is 0. The fraction of sp³-hybridized carbons (Fsp3) is 0.200. The summed E-state index contributed by atoms with van der Waals surface area (Å²) in [5.74, 6) is -4.75. The van der Waals surface area contributed by atoms with E-state index in [4.69, 9.17) is 5.73 Å². The highest BCUT2D eigenvalue weighted by atomic mass is 19.2. The molecule has 0 aliphatic carbocycles. The fourth-order valence-electron chi connectivity index (χ4n) is 2.00. The van der Waals surface area contributed by atoms with Crippen LogP contribution in [0.2, 0.25) is 0 Å². The fourth-order valence-corrected chi connectivity index (χ4v) is 2.00. The highest BCUT2D eigenvalue weighted by Gasteiger charge is 2.30. The van der Waals surface area contributed by atoms with Crippen LogP contribution in [0.4, 0.5) is 17.6 Å². The zero-order valence-electron chi connectivity index (χ0n) is 11.0. The van der Waals surface area contributed by atoms with E-state index in [2.05, 4.69) is 0 Å². The molecule has 2 aromatic rings. The van der Waals surface area contributed by atoms with Crippen molar-refractivity contribution in [2.75, 3.05) is 0 Å². The largest absolute Gasteiger partial charge is 0.318 e. The predicted octanol–water partition coefficient (Wildman–Crippen LogP) is 3.77. The number of benzene rings is 2. The minimum absolute atomic E-state index is 0.236. The lowest BCUT2D eigenvalue weighted by molar-refractivity contribution is 0.425. The molecule has 1 nitrogen and oxygen atoms in total. The van der Waals surface area contributed by atoms with Crippen molar-refractivity contribution in [3.63, 3.8) is 0 Å². The van der Waals surface area contributed by atoms with E-state index in [-0.39, 0.29) is 11.1 Å². The van der Waals surface area contributed by atoms with Crippen molar-refractivity contribution in [3.05, 3.63) is 70.3 Å². The standard InChI is InChI=1S/C15H13F4N/c1-8-3-4-9(7-12(8)17)15(2,20)10-5-6-11(16)14(19)13(10)18/h3-7H,20H2,1-2H3. The average Bonchev–Trinajstić information content (AvgIpc) is 2.38. The third-order valence-electron chi connectivity index (χ3n) is 3.37. The van der Waals surface area contributed by atoms with Gasteiger partial charge in [-0.2, -0.15) is 0 Å². The molecule has 0 fully saturated rings. The van der Waals surface area contributed by atoms with Crippen molar-refractivity contribution in [1.29, 1.82) is 0 Å².